The van der Waals surface area contributed by atoms with E-state index in [1.165, 1.54) is 38.7 Å². The fourth-order valence-corrected chi connectivity index (χ4v) is 6.63. The summed E-state index contributed by atoms with van der Waals surface area (Å²) in [6, 6.07) is 43.1. The van der Waals surface area contributed by atoms with Gasteiger partial charge in [-0.1, -0.05) is 78.9 Å². The molecule has 0 aliphatic rings. The van der Waals surface area contributed by atoms with Crippen LogP contribution in [0.15, 0.2) is 140 Å². The van der Waals surface area contributed by atoms with Crippen LogP contribution in [0.1, 0.15) is 0 Å². The van der Waals surface area contributed by atoms with Gasteiger partial charge in [0, 0.05) is 38.8 Å². The molecule has 0 amide bonds. The summed E-state index contributed by atoms with van der Waals surface area (Å²) in [5.74, 6) is -0.224. The first-order valence-corrected chi connectivity index (χ1v) is 14.6. The maximum absolute atomic E-state index is 13.3. The van der Waals surface area contributed by atoms with Crippen molar-refractivity contribution < 1.29 is 4.39 Å². The summed E-state index contributed by atoms with van der Waals surface area (Å²) in [4.78, 5) is 10.4. The van der Waals surface area contributed by atoms with Crippen molar-refractivity contribution in [3.8, 4) is 44.5 Å². The Morgan fingerprint density at radius 1 is 0.476 bits per heavy atom. The minimum Gasteiger partial charge on any atom is -0.256 e. The van der Waals surface area contributed by atoms with E-state index in [0.29, 0.717) is 0 Å². The lowest BCUT2D eigenvalue weighted by Gasteiger charge is -2.09. The van der Waals surface area contributed by atoms with Crippen LogP contribution in [0, 0.1) is 5.82 Å². The number of hydrogen-bond acceptors (Lipinski definition) is 3. The zero-order valence-corrected chi connectivity index (χ0v) is 23.3. The van der Waals surface area contributed by atoms with E-state index in [1.54, 1.807) is 23.5 Å². The van der Waals surface area contributed by atoms with E-state index in [2.05, 4.69) is 102 Å². The van der Waals surface area contributed by atoms with E-state index in [1.807, 2.05) is 18.5 Å². The molecule has 0 unspecified atom stereocenters. The molecule has 0 atom stereocenters. The third kappa shape index (κ3) is 4.43. The first-order chi connectivity index (χ1) is 20.7. The summed E-state index contributed by atoms with van der Waals surface area (Å²) in [5.41, 5.74) is 9.87. The van der Waals surface area contributed by atoms with E-state index in [4.69, 9.17) is 4.98 Å². The van der Waals surface area contributed by atoms with Gasteiger partial charge in [0.25, 0.3) is 0 Å². The van der Waals surface area contributed by atoms with Crippen molar-refractivity contribution in [2.24, 2.45) is 0 Å². The summed E-state index contributed by atoms with van der Waals surface area (Å²) in [6.45, 7) is 0. The largest absolute Gasteiger partial charge is 0.256 e. The van der Waals surface area contributed by atoms with Crippen molar-refractivity contribution in [3.05, 3.63) is 146 Å². The molecule has 198 valence electrons. The molecule has 8 aromatic rings. The van der Waals surface area contributed by atoms with Gasteiger partial charge in [0.1, 0.15) is 10.6 Å². The second-order valence-electron chi connectivity index (χ2n) is 10.5. The molecular weight excluding hydrogens is 535 g/mol. The molecule has 42 heavy (non-hydrogen) atoms. The Hall–Kier alpha value is -5.19. The van der Waals surface area contributed by atoms with Crippen molar-refractivity contribution in [1.29, 1.82) is 0 Å². The number of pyridine rings is 2. The summed E-state index contributed by atoms with van der Waals surface area (Å²) in [6.07, 6.45) is 3.81. The Labute approximate surface area is 246 Å². The Morgan fingerprint density at radius 3 is 1.76 bits per heavy atom. The zero-order chi connectivity index (χ0) is 28.0. The van der Waals surface area contributed by atoms with Gasteiger partial charge in [0.05, 0.1) is 5.52 Å². The maximum Gasteiger partial charge on any atom is 0.124 e. The third-order valence-corrected chi connectivity index (χ3v) is 8.97. The normalized spacial score (nSPS) is 11.5. The summed E-state index contributed by atoms with van der Waals surface area (Å²) < 4.78 is 14.5. The molecule has 8 rings (SSSR count). The standard InChI is InChI=1S/C38H23FN2S/c39-33-16-13-25(14-17-33)24-3-5-27(6-4-24)30-11-12-31-20-32(23-41-36(31)22-30)28-9-7-26(8-10-28)29-15-18-37-35(21-29)34-2-1-19-40-38(34)42-37/h1-23H. The van der Waals surface area contributed by atoms with Crippen LogP contribution in [-0.4, -0.2) is 9.97 Å². The summed E-state index contributed by atoms with van der Waals surface area (Å²) in [5, 5.41) is 3.57. The first kappa shape index (κ1) is 24.6. The van der Waals surface area contributed by atoms with Crippen LogP contribution in [0.3, 0.4) is 0 Å². The van der Waals surface area contributed by atoms with Gasteiger partial charge < -0.3 is 0 Å². The predicted octanol–water partition coefficient (Wildman–Crippen LogP) is 10.8. The van der Waals surface area contributed by atoms with E-state index < -0.39 is 0 Å². The number of benzene rings is 5. The molecule has 0 aliphatic heterocycles. The quantitative estimate of drug-likeness (QED) is 0.215. The average molecular weight is 559 g/mol. The highest BCUT2D eigenvalue weighted by Crippen LogP contribution is 2.36. The second-order valence-corrected chi connectivity index (χ2v) is 11.5. The average Bonchev–Trinajstić information content (AvgIpc) is 3.43. The highest BCUT2D eigenvalue weighted by atomic mass is 32.1. The molecule has 0 N–H and O–H groups in total. The number of aromatic nitrogens is 2. The number of nitrogens with zero attached hydrogens (tertiary/aromatic N) is 2. The molecule has 0 saturated carbocycles. The molecule has 5 aromatic carbocycles. The lowest BCUT2D eigenvalue weighted by Crippen LogP contribution is -1.86. The number of fused-ring (bicyclic) bond motifs is 4. The number of thiophene rings is 1. The van der Waals surface area contributed by atoms with Crippen LogP contribution in [0.25, 0.3) is 75.7 Å². The first-order valence-electron chi connectivity index (χ1n) is 13.8. The Kier molecular flexibility index (Phi) is 5.87. The summed E-state index contributed by atoms with van der Waals surface area (Å²) in [7, 11) is 0. The molecule has 0 saturated heterocycles. The minimum absolute atomic E-state index is 0.224. The van der Waals surface area contributed by atoms with E-state index >= 15 is 0 Å². The smallest absolute Gasteiger partial charge is 0.124 e. The van der Waals surface area contributed by atoms with Crippen molar-refractivity contribution in [2.75, 3.05) is 0 Å². The number of hydrogen-bond donors (Lipinski definition) is 0. The second kappa shape index (κ2) is 10.0. The Bertz CT molecular complexity index is 2230. The lowest BCUT2D eigenvalue weighted by atomic mass is 9.98. The van der Waals surface area contributed by atoms with Crippen LogP contribution in [0.4, 0.5) is 4.39 Å². The van der Waals surface area contributed by atoms with Crippen molar-refractivity contribution in [1.82, 2.24) is 9.97 Å². The van der Waals surface area contributed by atoms with Gasteiger partial charge in [-0.15, -0.1) is 11.3 Å². The van der Waals surface area contributed by atoms with Gasteiger partial charge in [0.15, 0.2) is 0 Å². The van der Waals surface area contributed by atoms with Crippen LogP contribution in [-0.2, 0) is 0 Å². The van der Waals surface area contributed by atoms with Gasteiger partial charge >= 0.3 is 0 Å². The molecule has 4 heteroatoms. The topological polar surface area (TPSA) is 25.8 Å². The van der Waals surface area contributed by atoms with Crippen molar-refractivity contribution in [3.63, 3.8) is 0 Å². The fourth-order valence-electron chi connectivity index (χ4n) is 5.60. The van der Waals surface area contributed by atoms with Crippen molar-refractivity contribution >= 4 is 42.5 Å². The molecular formula is C38H23FN2S. The van der Waals surface area contributed by atoms with Crippen LogP contribution >= 0.6 is 11.3 Å². The highest BCUT2D eigenvalue weighted by molar-refractivity contribution is 7.25. The van der Waals surface area contributed by atoms with Crippen molar-refractivity contribution in [2.45, 2.75) is 0 Å². The predicted molar refractivity (Wildman–Crippen MR) is 174 cm³/mol. The van der Waals surface area contributed by atoms with E-state index in [-0.39, 0.29) is 5.82 Å². The van der Waals surface area contributed by atoms with E-state index in [9.17, 15) is 4.39 Å². The fraction of sp³-hybridized carbons (Fsp3) is 0. The monoisotopic (exact) mass is 558 g/mol. The summed E-state index contributed by atoms with van der Waals surface area (Å²) >= 11 is 1.74. The minimum atomic E-state index is -0.224. The molecule has 0 bridgehead atoms. The van der Waals surface area contributed by atoms with Crippen LogP contribution in [0.2, 0.25) is 0 Å². The van der Waals surface area contributed by atoms with Gasteiger partial charge in [-0.05, 0) is 87.5 Å². The van der Waals surface area contributed by atoms with E-state index in [0.717, 1.165) is 49.1 Å². The van der Waals surface area contributed by atoms with Crippen LogP contribution < -0.4 is 0 Å². The third-order valence-electron chi connectivity index (χ3n) is 7.88. The van der Waals surface area contributed by atoms with Gasteiger partial charge in [-0.2, -0.15) is 0 Å². The van der Waals surface area contributed by atoms with Crippen LogP contribution in [0.5, 0.6) is 0 Å². The van der Waals surface area contributed by atoms with Gasteiger partial charge in [-0.3, -0.25) is 4.98 Å². The van der Waals surface area contributed by atoms with Gasteiger partial charge in [0.2, 0.25) is 0 Å². The molecule has 0 fully saturated rings. The Balaban J connectivity index is 1.05. The molecule has 0 spiro atoms. The zero-order valence-electron chi connectivity index (χ0n) is 22.5. The molecule has 3 aromatic heterocycles. The van der Waals surface area contributed by atoms with Gasteiger partial charge in [-0.25, -0.2) is 9.37 Å². The molecule has 0 radical (unpaired) electrons. The molecule has 3 heterocycles. The SMILES string of the molecule is Fc1ccc(-c2ccc(-c3ccc4cc(-c5ccc(-c6ccc7sc8ncccc8c7c6)cc5)cnc4c3)cc2)cc1. The molecule has 0 aliphatic carbocycles. The Morgan fingerprint density at radius 2 is 1.05 bits per heavy atom. The number of rotatable bonds is 4. The molecule has 2 nitrogen and oxygen atoms in total. The maximum atomic E-state index is 13.3. The number of halogens is 1. The highest BCUT2D eigenvalue weighted by Gasteiger charge is 2.09. The lowest BCUT2D eigenvalue weighted by molar-refractivity contribution is 0.628.